The molecular weight excluding hydrogens is 461 g/mol. The molecule has 1 amide bonds. The minimum atomic E-state index is -0.513. The van der Waals surface area contributed by atoms with E-state index in [-0.39, 0.29) is 11.7 Å². The number of hydrogen-bond donors (Lipinski definition) is 1. The van der Waals surface area contributed by atoms with Crippen LogP contribution in [0.15, 0.2) is 26.8 Å². The molecule has 1 aromatic carbocycles. The fourth-order valence-corrected chi connectivity index (χ4v) is 5.52. The summed E-state index contributed by atoms with van der Waals surface area (Å²) in [4.78, 5) is 11.7. The summed E-state index contributed by atoms with van der Waals surface area (Å²) in [7, 11) is 1.60. The Kier molecular flexibility index (Phi) is 4.93. The maximum Gasteiger partial charge on any atom is 0.289 e. The average Bonchev–Trinajstić information content (AvgIpc) is 2.85. The van der Waals surface area contributed by atoms with Crippen LogP contribution in [0.1, 0.15) is 25.8 Å². The van der Waals surface area contributed by atoms with Gasteiger partial charge in [0.25, 0.3) is 5.91 Å². The predicted molar refractivity (Wildman–Crippen MR) is 101 cm³/mol. The highest BCUT2D eigenvalue weighted by molar-refractivity contribution is 9.11. The van der Waals surface area contributed by atoms with Gasteiger partial charge in [-0.25, -0.2) is 0 Å². The van der Waals surface area contributed by atoms with E-state index in [1.165, 1.54) is 0 Å². The molecule has 1 saturated carbocycles. The van der Waals surface area contributed by atoms with Gasteiger partial charge in [-0.1, -0.05) is 20.3 Å². The van der Waals surface area contributed by atoms with Crippen LogP contribution in [0.25, 0.3) is 6.08 Å². The molecule has 4 atom stereocenters. The summed E-state index contributed by atoms with van der Waals surface area (Å²) in [6.45, 7) is 4.20. The molecule has 0 radical (unpaired) electrons. The first-order valence-electron chi connectivity index (χ1n) is 7.74. The third kappa shape index (κ3) is 2.86. The number of rotatable bonds is 4. The second-order valence-corrected chi connectivity index (χ2v) is 8.49. The molecule has 1 aliphatic carbocycles. The van der Waals surface area contributed by atoms with E-state index in [0.717, 1.165) is 20.9 Å². The number of benzene rings is 1. The molecule has 2 fully saturated rings. The zero-order valence-electron chi connectivity index (χ0n) is 13.5. The summed E-state index contributed by atoms with van der Waals surface area (Å²) in [6, 6.07) is 3.73. The van der Waals surface area contributed by atoms with Gasteiger partial charge < -0.3 is 14.8 Å². The molecule has 1 heterocycles. The Balaban J connectivity index is 1.84. The van der Waals surface area contributed by atoms with Crippen molar-refractivity contribution in [2.75, 3.05) is 7.11 Å². The van der Waals surface area contributed by atoms with Gasteiger partial charge in [0.05, 0.1) is 16.1 Å². The van der Waals surface area contributed by atoms with Gasteiger partial charge in [0, 0.05) is 0 Å². The highest BCUT2D eigenvalue weighted by Crippen LogP contribution is 2.60. The maximum atomic E-state index is 12.2. The fraction of sp³-hybridized carbons (Fsp3) is 0.471. The van der Waals surface area contributed by atoms with Crippen molar-refractivity contribution in [3.63, 3.8) is 0 Å². The van der Waals surface area contributed by atoms with Crippen LogP contribution in [0.4, 0.5) is 0 Å². The first-order chi connectivity index (χ1) is 11.3. The van der Waals surface area contributed by atoms with Crippen molar-refractivity contribution in [1.29, 1.82) is 0 Å². The number of methoxy groups -OCH3 is 1. The molecule has 0 spiro atoms. The van der Waals surface area contributed by atoms with E-state index >= 15 is 0 Å². The first-order valence-corrected chi connectivity index (χ1v) is 9.70. The fourth-order valence-electron chi connectivity index (χ4n) is 3.44. The van der Waals surface area contributed by atoms with E-state index in [0.29, 0.717) is 17.6 Å². The molecule has 1 N–H and O–H groups in total. The minimum absolute atomic E-state index is 0.239. The van der Waals surface area contributed by atoms with Gasteiger partial charge in [0.2, 0.25) is 0 Å². The molecule has 0 aromatic heterocycles. The van der Waals surface area contributed by atoms with Crippen molar-refractivity contribution in [3.8, 4) is 5.75 Å². The lowest BCUT2D eigenvalue weighted by Crippen LogP contribution is -2.38. The van der Waals surface area contributed by atoms with Crippen molar-refractivity contribution in [2.24, 2.45) is 11.8 Å². The Labute approximate surface area is 163 Å². The van der Waals surface area contributed by atoms with Crippen molar-refractivity contribution >= 4 is 55.4 Å². The highest BCUT2D eigenvalue weighted by atomic mass is 79.9. The SMILES string of the molecule is CCC1C(C)C1(Cl)C1NC(=O)/C(=C/c2cc(Br)c(OC)c(Br)c2)O1. The molecule has 4 nitrogen and oxygen atoms in total. The summed E-state index contributed by atoms with van der Waals surface area (Å²) in [5, 5.41) is 2.86. The zero-order valence-corrected chi connectivity index (χ0v) is 17.5. The molecule has 2 aliphatic rings. The lowest BCUT2D eigenvalue weighted by molar-refractivity contribution is -0.116. The summed E-state index contributed by atoms with van der Waals surface area (Å²) in [6.07, 6.45) is 2.19. The maximum absolute atomic E-state index is 12.2. The predicted octanol–water partition coefficient (Wildman–Crippen LogP) is 4.69. The van der Waals surface area contributed by atoms with Crippen molar-refractivity contribution in [2.45, 2.75) is 31.4 Å². The van der Waals surface area contributed by atoms with Crippen LogP contribution < -0.4 is 10.1 Å². The normalized spacial score (nSPS) is 33.3. The van der Waals surface area contributed by atoms with Crippen LogP contribution in [0.5, 0.6) is 5.75 Å². The quantitative estimate of drug-likeness (QED) is 0.504. The first kappa shape index (κ1) is 18.1. The summed E-state index contributed by atoms with van der Waals surface area (Å²) < 4.78 is 12.7. The van der Waals surface area contributed by atoms with Crippen LogP contribution in [0.3, 0.4) is 0 Å². The monoisotopic (exact) mass is 477 g/mol. The van der Waals surface area contributed by atoms with Crippen molar-refractivity contribution < 1.29 is 14.3 Å². The topological polar surface area (TPSA) is 47.6 Å². The van der Waals surface area contributed by atoms with Gasteiger partial charge in [0.1, 0.15) is 10.6 Å². The zero-order chi connectivity index (χ0) is 17.6. The number of carbonyl (C=O) groups excluding carboxylic acids is 1. The molecule has 7 heteroatoms. The Morgan fingerprint density at radius 2 is 2.04 bits per heavy atom. The second-order valence-electron chi connectivity index (χ2n) is 6.13. The van der Waals surface area contributed by atoms with Crippen LogP contribution in [-0.2, 0) is 9.53 Å². The van der Waals surface area contributed by atoms with Crippen molar-refractivity contribution in [3.05, 3.63) is 32.4 Å². The summed E-state index contributed by atoms with van der Waals surface area (Å²) in [5.74, 6) is 1.41. The largest absolute Gasteiger partial charge is 0.494 e. The van der Waals surface area contributed by atoms with Crippen LogP contribution >= 0.6 is 43.5 Å². The number of nitrogens with one attached hydrogen (secondary N) is 1. The molecule has 24 heavy (non-hydrogen) atoms. The third-order valence-corrected chi connectivity index (χ3v) is 6.86. The molecule has 1 aliphatic heterocycles. The average molecular weight is 480 g/mol. The molecule has 130 valence electrons. The smallest absolute Gasteiger partial charge is 0.289 e. The number of carbonyl (C=O) groups is 1. The van der Waals surface area contributed by atoms with Crippen LogP contribution in [-0.4, -0.2) is 24.1 Å². The van der Waals surface area contributed by atoms with Crippen molar-refractivity contribution in [1.82, 2.24) is 5.32 Å². The lowest BCUT2D eigenvalue weighted by atomic mass is 10.2. The Bertz CT molecular complexity index is 701. The number of hydrogen-bond acceptors (Lipinski definition) is 3. The molecular formula is C17H18Br2ClNO3. The van der Waals surface area contributed by atoms with Gasteiger partial charge in [-0.3, -0.25) is 4.79 Å². The van der Waals surface area contributed by atoms with E-state index in [1.54, 1.807) is 13.2 Å². The standard InChI is InChI=1S/C17H18Br2ClNO3/c1-4-10-8(2)17(10,20)16-21-15(22)13(24-16)7-9-5-11(18)14(23-3)12(19)6-9/h5-8,10,16H,4H2,1-3H3,(H,21,22)/b13-7-. The molecule has 1 saturated heterocycles. The van der Waals surface area contributed by atoms with Gasteiger partial charge in [0.15, 0.2) is 12.0 Å². The van der Waals surface area contributed by atoms with E-state index in [9.17, 15) is 4.79 Å². The van der Waals surface area contributed by atoms with Gasteiger partial charge in [-0.15, -0.1) is 11.6 Å². The Morgan fingerprint density at radius 1 is 1.42 bits per heavy atom. The van der Waals surface area contributed by atoms with E-state index in [4.69, 9.17) is 21.1 Å². The minimum Gasteiger partial charge on any atom is -0.494 e. The van der Waals surface area contributed by atoms with Crippen LogP contribution in [0.2, 0.25) is 0 Å². The third-order valence-electron chi connectivity index (χ3n) is 4.86. The van der Waals surface area contributed by atoms with Crippen LogP contribution in [0, 0.1) is 11.8 Å². The Hall–Kier alpha value is -0.720. The van der Waals surface area contributed by atoms with E-state index in [2.05, 4.69) is 51.0 Å². The summed E-state index contributed by atoms with van der Waals surface area (Å²) >= 11 is 13.6. The Morgan fingerprint density at radius 3 is 2.54 bits per heavy atom. The second kappa shape index (κ2) is 6.54. The molecule has 1 aromatic rings. The molecule has 0 bridgehead atoms. The lowest BCUT2D eigenvalue weighted by Gasteiger charge is -2.17. The number of alkyl halides is 1. The van der Waals surface area contributed by atoms with Gasteiger partial charge in [-0.05, 0) is 67.5 Å². The van der Waals surface area contributed by atoms with E-state index < -0.39 is 11.1 Å². The highest BCUT2D eigenvalue weighted by Gasteiger charge is 2.67. The molecule has 4 unspecified atom stereocenters. The molecule has 3 rings (SSSR count). The number of amides is 1. The number of ether oxygens (including phenoxy) is 2. The van der Waals surface area contributed by atoms with Gasteiger partial charge >= 0.3 is 0 Å². The number of halogens is 3. The van der Waals surface area contributed by atoms with Gasteiger partial charge in [-0.2, -0.15) is 0 Å². The van der Waals surface area contributed by atoms with E-state index in [1.807, 2.05) is 12.1 Å². The summed E-state index contributed by atoms with van der Waals surface area (Å²) in [5.41, 5.74) is 0.819.